The number of hydrogen-bond donors (Lipinski definition) is 0. The summed E-state index contributed by atoms with van der Waals surface area (Å²) in [6, 6.07) is 6.88. The van der Waals surface area contributed by atoms with Crippen LogP contribution in [0.2, 0.25) is 9.36 Å². The summed E-state index contributed by atoms with van der Waals surface area (Å²) in [6.07, 6.45) is 2.03. The average molecular weight is 576 g/mol. The van der Waals surface area contributed by atoms with E-state index >= 15 is 0 Å². The average Bonchev–Trinajstić information content (AvgIpc) is 3.46. The van der Waals surface area contributed by atoms with Crippen LogP contribution in [0, 0.1) is 12.8 Å². The fraction of sp³-hybridized carbons (Fsp3) is 0.478. The van der Waals surface area contributed by atoms with Crippen molar-refractivity contribution >= 4 is 77.2 Å². The molecule has 35 heavy (non-hydrogen) atoms. The van der Waals surface area contributed by atoms with Gasteiger partial charge in [0, 0.05) is 24.7 Å². The number of sulfonamides is 1. The van der Waals surface area contributed by atoms with Crippen LogP contribution in [0.15, 0.2) is 28.5 Å². The standard InChI is InChI=1S/C23H28Cl2N4O3S3/c1-15-17(24)7-8-18-21(15)26-23(33-18)29(13-5-11-27(2)3)22(30)16-6-4-12-28(14-16)35(31,32)20-10-9-19(25)34-20/h7-10,16H,4-6,11-14H2,1-3H3. The maximum Gasteiger partial charge on any atom is 0.252 e. The van der Waals surface area contributed by atoms with Crippen LogP contribution in [0.4, 0.5) is 5.13 Å². The maximum atomic E-state index is 13.8. The van der Waals surface area contributed by atoms with Crippen molar-refractivity contribution in [1.82, 2.24) is 14.2 Å². The normalized spacial score (nSPS) is 17.4. The summed E-state index contributed by atoms with van der Waals surface area (Å²) in [7, 11) is 0.297. The summed E-state index contributed by atoms with van der Waals surface area (Å²) in [5.41, 5.74) is 1.68. The first-order valence-electron chi connectivity index (χ1n) is 11.3. The van der Waals surface area contributed by atoms with Gasteiger partial charge in [0.25, 0.3) is 10.0 Å². The molecule has 1 unspecified atom stereocenters. The highest BCUT2D eigenvalue weighted by Crippen LogP contribution is 2.36. The lowest BCUT2D eigenvalue weighted by Crippen LogP contribution is -2.47. The van der Waals surface area contributed by atoms with Crippen molar-refractivity contribution in [3.8, 4) is 0 Å². The van der Waals surface area contributed by atoms with E-state index in [1.165, 1.54) is 21.7 Å². The van der Waals surface area contributed by atoms with E-state index in [-0.39, 0.29) is 16.7 Å². The zero-order chi connectivity index (χ0) is 25.3. The summed E-state index contributed by atoms with van der Waals surface area (Å²) >= 11 is 14.8. The minimum atomic E-state index is -3.69. The molecule has 0 bridgehead atoms. The number of aromatic nitrogens is 1. The second-order valence-electron chi connectivity index (χ2n) is 8.92. The van der Waals surface area contributed by atoms with Crippen molar-refractivity contribution in [2.24, 2.45) is 5.92 Å². The van der Waals surface area contributed by atoms with E-state index < -0.39 is 15.9 Å². The van der Waals surface area contributed by atoms with Crippen molar-refractivity contribution in [3.05, 3.63) is 39.2 Å². The minimum absolute atomic E-state index is 0.0873. The molecule has 1 amide bonds. The number of amides is 1. The second kappa shape index (κ2) is 11.0. The molecule has 2 aromatic heterocycles. The second-order valence-corrected chi connectivity index (χ2v) is 14.2. The SMILES string of the molecule is Cc1c(Cl)ccc2sc(N(CCCN(C)C)C(=O)C3CCCN(S(=O)(=O)c4ccc(Cl)s4)C3)nc12. The van der Waals surface area contributed by atoms with E-state index in [1.54, 1.807) is 11.0 Å². The Morgan fingerprint density at radius 3 is 2.63 bits per heavy atom. The van der Waals surface area contributed by atoms with E-state index in [4.69, 9.17) is 28.2 Å². The predicted molar refractivity (Wildman–Crippen MR) is 146 cm³/mol. The lowest BCUT2D eigenvalue weighted by molar-refractivity contribution is -0.123. The zero-order valence-electron chi connectivity index (χ0n) is 19.8. The van der Waals surface area contributed by atoms with Gasteiger partial charge in [-0.2, -0.15) is 4.31 Å². The quantitative estimate of drug-likeness (QED) is 0.362. The molecule has 1 aliphatic heterocycles. The van der Waals surface area contributed by atoms with Gasteiger partial charge in [-0.15, -0.1) is 11.3 Å². The number of carbonyl (C=O) groups excluding carboxylic acids is 1. The molecule has 1 aromatic carbocycles. The van der Waals surface area contributed by atoms with Crippen molar-refractivity contribution < 1.29 is 13.2 Å². The number of carbonyl (C=O) groups is 1. The van der Waals surface area contributed by atoms with Gasteiger partial charge < -0.3 is 4.90 Å². The van der Waals surface area contributed by atoms with Crippen LogP contribution < -0.4 is 4.90 Å². The summed E-state index contributed by atoms with van der Waals surface area (Å²) in [5, 5.41) is 1.26. The Bertz CT molecular complexity index is 1320. The smallest absolute Gasteiger partial charge is 0.252 e. The van der Waals surface area contributed by atoms with E-state index in [0.717, 1.165) is 40.1 Å². The largest absolute Gasteiger partial charge is 0.309 e. The maximum absolute atomic E-state index is 13.8. The molecule has 0 saturated carbocycles. The van der Waals surface area contributed by atoms with Crippen molar-refractivity contribution in [1.29, 1.82) is 0 Å². The molecular formula is C23H28Cl2N4O3S3. The number of hydrogen-bond acceptors (Lipinski definition) is 7. The van der Waals surface area contributed by atoms with Crippen LogP contribution in [0.5, 0.6) is 0 Å². The molecule has 0 aliphatic carbocycles. The third-order valence-electron chi connectivity index (χ3n) is 6.10. The molecule has 3 heterocycles. The number of benzene rings is 1. The van der Waals surface area contributed by atoms with Crippen molar-refractivity contribution in [2.75, 3.05) is 45.2 Å². The fourth-order valence-corrected chi connectivity index (χ4v) is 8.57. The molecule has 1 atom stereocenters. The third-order valence-corrected chi connectivity index (χ3v) is 11.1. The Hall–Kier alpha value is -1.27. The first kappa shape index (κ1) is 26.8. The highest BCUT2D eigenvalue weighted by Gasteiger charge is 2.36. The summed E-state index contributed by atoms with van der Waals surface area (Å²) in [6.45, 7) is 3.79. The number of rotatable bonds is 8. The summed E-state index contributed by atoms with van der Waals surface area (Å²) in [4.78, 5) is 22.4. The van der Waals surface area contributed by atoms with Gasteiger partial charge in [-0.05, 0) is 76.7 Å². The number of fused-ring (bicyclic) bond motifs is 1. The molecule has 12 heteroatoms. The summed E-state index contributed by atoms with van der Waals surface area (Å²) in [5.74, 6) is -0.527. The lowest BCUT2D eigenvalue weighted by atomic mass is 9.98. The number of nitrogens with zero attached hydrogens (tertiary/aromatic N) is 4. The highest BCUT2D eigenvalue weighted by atomic mass is 35.5. The Balaban J connectivity index is 1.61. The van der Waals surface area contributed by atoms with Crippen LogP contribution in [0.3, 0.4) is 0 Å². The van der Waals surface area contributed by atoms with E-state index in [9.17, 15) is 13.2 Å². The molecule has 0 spiro atoms. The Labute approximate surface area is 224 Å². The van der Waals surface area contributed by atoms with Crippen LogP contribution in [0.1, 0.15) is 24.8 Å². The van der Waals surface area contributed by atoms with Gasteiger partial charge in [-0.3, -0.25) is 9.69 Å². The molecule has 1 saturated heterocycles. The third kappa shape index (κ3) is 5.84. The van der Waals surface area contributed by atoms with Crippen LogP contribution >= 0.6 is 45.9 Å². The van der Waals surface area contributed by atoms with E-state index in [1.807, 2.05) is 33.2 Å². The van der Waals surface area contributed by atoms with Gasteiger partial charge in [-0.1, -0.05) is 34.5 Å². The Morgan fingerprint density at radius 1 is 1.17 bits per heavy atom. The molecular weight excluding hydrogens is 547 g/mol. The van der Waals surface area contributed by atoms with Gasteiger partial charge in [0.2, 0.25) is 5.91 Å². The molecule has 0 radical (unpaired) electrons. The monoisotopic (exact) mass is 574 g/mol. The Morgan fingerprint density at radius 2 is 1.94 bits per heavy atom. The molecule has 1 aliphatic rings. The molecule has 1 fully saturated rings. The predicted octanol–water partition coefficient (Wildman–Crippen LogP) is 5.36. The molecule has 7 nitrogen and oxygen atoms in total. The van der Waals surface area contributed by atoms with E-state index in [0.29, 0.717) is 40.4 Å². The molecule has 3 aromatic rings. The van der Waals surface area contributed by atoms with Gasteiger partial charge in [-0.25, -0.2) is 13.4 Å². The number of piperidine rings is 1. The molecule has 4 rings (SSSR count). The summed E-state index contributed by atoms with van der Waals surface area (Å²) < 4.78 is 29.3. The number of halogens is 2. The number of aryl methyl sites for hydroxylation is 1. The first-order valence-corrected chi connectivity index (χ1v) is 15.2. The van der Waals surface area contributed by atoms with Gasteiger partial charge >= 0.3 is 0 Å². The highest BCUT2D eigenvalue weighted by molar-refractivity contribution is 7.91. The van der Waals surface area contributed by atoms with Crippen molar-refractivity contribution in [3.63, 3.8) is 0 Å². The zero-order valence-corrected chi connectivity index (χ0v) is 23.8. The van der Waals surface area contributed by atoms with Crippen molar-refractivity contribution in [2.45, 2.75) is 30.4 Å². The number of anilines is 1. The fourth-order valence-electron chi connectivity index (χ4n) is 4.20. The molecule has 190 valence electrons. The number of thiophene rings is 1. The minimum Gasteiger partial charge on any atom is -0.309 e. The Kier molecular flexibility index (Phi) is 8.42. The van der Waals surface area contributed by atoms with Gasteiger partial charge in [0.15, 0.2) is 5.13 Å². The first-order chi connectivity index (χ1) is 16.6. The van der Waals surface area contributed by atoms with Gasteiger partial charge in [0.05, 0.1) is 20.5 Å². The van der Waals surface area contributed by atoms with Crippen LogP contribution in [-0.4, -0.2) is 68.8 Å². The van der Waals surface area contributed by atoms with Crippen LogP contribution in [0.25, 0.3) is 10.2 Å². The van der Waals surface area contributed by atoms with Crippen LogP contribution in [-0.2, 0) is 14.8 Å². The number of thiazole rings is 1. The van der Waals surface area contributed by atoms with Gasteiger partial charge in [0.1, 0.15) is 4.21 Å². The van der Waals surface area contributed by atoms with E-state index in [2.05, 4.69) is 4.90 Å². The topological polar surface area (TPSA) is 73.8 Å². The molecule has 0 N–H and O–H groups in total. The lowest BCUT2D eigenvalue weighted by Gasteiger charge is -2.33.